The first-order valence-electron chi connectivity index (χ1n) is 5.61. The van der Waals surface area contributed by atoms with E-state index in [1.54, 1.807) is 6.07 Å². The molecule has 0 atom stereocenters. The molecule has 0 radical (unpaired) electrons. The molecule has 0 aliphatic carbocycles. The predicted octanol–water partition coefficient (Wildman–Crippen LogP) is 0.714. The fourth-order valence-corrected chi connectivity index (χ4v) is 1.40. The molecule has 0 saturated carbocycles. The van der Waals surface area contributed by atoms with Crippen molar-refractivity contribution in [3.63, 3.8) is 0 Å². The highest BCUT2D eigenvalue weighted by Gasteiger charge is 2.01. The van der Waals surface area contributed by atoms with Gasteiger partial charge < -0.3 is 20.8 Å². The Morgan fingerprint density at radius 1 is 1.29 bits per heavy atom. The maximum absolute atomic E-state index is 11.1. The molecule has 0 fully saturated rings. The van der Waals surface area contributed by atoms with Crippen molar-refractivity contribution in [3.8, 4) is 11.5 Å². The van der Waals surface area contributed by atoms with Crippen LogP contribution in [0.3, 0.4) is 0 Å². The maximum Gasteiger partial charge on any atom is 0.221 e. The summed E-state index contributed by atoms with van der Waals surface area (Å²) >= 11 is 0. The van der Waals surface area contributed by atoms with Crippen molar-refractivity contribution in [1.82, 2.24) is 10.6 Å². The third-order valence-corrected chi connectivity index (χ3v) is 2.27. The van der Waals surface area contributed by atoms with Crippen molar-refractivity contribution in [2.75, 3.05) is 13.1 Å². The van der Waals surface area contributed by atoms with Gasteiger partial charge >= 0.3 is 0 Å². The van der Waals surface area contributed by atoms with Crippen LogP contribution in [0, 0.1) is 0 Å². The summed E-state index contributed by atoms with van der Waals surface area (Å²) in [6, 6.07) is 4.65. The molecule has 1 rings (SSSR count). The molecule has 1 amide bonds. The molecule has 0 spiro atoms. The Balaban J connectivity index is 2.26. The van der Waals surface area contributed by atoms with Gasteiger partial charge in [0.25, 0.3) is 0 Å². The van der Waals surface area contributed by atoms with Crippen LogP contribution < -0.4 is 10.6 Å². The van der Waals surface area contributed by atoms with Gasteiger partial charge in [-0.3, -0.25) is 4.79 Å². The molecule has 4 N–H and O–H groups in total. The average Bonchev–Trinajstić information content (AvgIpc) is 2.29. The summed E-state index contributed by atoms with van der Waals surface area (Å²) in [7, 11) is 0. The van der Waals surface area contributed by atoms with Crippen LogP contribution >= 0.6 is 0 Å². The van der Waals surface area contributed by atoms with E-state index in [0.717, 1.165) is 5.56 Å². The van der Waals surface area contributed by atoms with E-state index in [0.29, 0.717) is 26.1 Å². The van der Waals surface area contributed by atoms with E-state index in [1.807, 2.05) is 6.92 Å². The lowest BCUT2D eigenvalue weighted by molar-refractivity contribution is -0.120. The van der Waals surface area contributed by atoms with Crippen LogP contribution in [0.2, 0.25) is 0 Å². The summed E-state index contributed by atoms with van der Waals surface area (Å²) in [6.45, 7) is 3.65. The molecule has 0 saturated heterocycles. The summed E-state index contributed by atoms with van der Waals surface area (Å²) in [6.07, 6.45) is 0.428. The number of carbonyl (C=O) groups is 1. The minimum Gasteiger partial charge on any atom is -0.504 e. The van der Waals surface area contributed by atoms with Gasteiger partial charge in [0.1, 0.15) is 0 Å². The molecule has 0 aliphatic rings. The zero-order valence-corrected chi connectivity index (χ0v) is 9.86. The highest BCUT2D eigenvalue weighted by atomic mass is 16.3. The Labute approximate surface area is 100 Å². The number of phenolic OH excluding ortho intramolecular Hbond substituents is 2. The molecular formula is C12H18N2O3. The summed E-state index contributed by atoms with van der Waals surface area (Å²) in [5.74, 6) is -0.238. The Hall–Kier alpha value is -1.75. The van der Waals surface area contributed by atoms with Crippen molar-refractivity contribution in [2.45, 2.75) is 19.9 Å². The van der Waals surface area contributed by atoms with Crippen molar-refractivity contribution in [1.29, 1.82) is 0 Å². The summed E-state index contributed by atoms with van der Waals surface area (Å²) in [4.78, 5) is 11.1. The van der Waals surface area contributed by atoms with Crippen LogP contribution in [0.1, 0.15) is 18.9 Å². The number of carbonyl (C=O) groups excluding carboxylic acids is 1. The standard InChI is InChI=1S/C12H18N2O3/c1-2-14-12(17)5-6-13-8-9-3-4-10(15)11(16)7-9/h3-4,7,13,15-16H,2,5-6,8H2,1H3,(H,14,17). The molecule has 94 valence electrons. The monoisotopic (exact) mass is 238 g/mol. The van der Waals surface area contributed by atoms with Gasteiger partial charge in [-0.2, -0.15) is 0 Å². The maximum atomic E-state index is 11.1. The summed E-state index contributed by atoms with van der Waals surface area (Å²) < 4.78 is 0. The fraction of sp³-hybridized carbons (Fsp3) is 0.417. The number of hydrogen-bond acceptors (Lipinski definition) is 4. The van der Waals surface area contributed by atoms with Crippen LogP contribution in [0.5, 0.6) is 11.5 Å². The van der Waals surface area contributed by atoms with Gasteiger partial charge in [-0.25, -0.2) is 0 Å². The number of hydrogen-bond donors (Lipinski definition) is 4. The van der Waals surface area contributed by atoms with Crippen molar-refractivity contribution >= 4 is 5.91 Å². The Kier molecular flexibility index (Phi) is 5.29. The lowest BCUT2D eigenvalue weighted by Crippen LogP contribution is -2.27. The second-order valence-corrected chi connectivity index (χ2v) is 3.70. The molecule has 0 aromatic heterocycles. The van der Waals surface area contributed by atoms with E-state index in [9.17, 15) is 9.90 Å². The fourth-order valence-electron chi connectivity index (χ4n) is 1.40. The Morgan fingerprint density at radius 2 is 2.06 bits per heavy atom. The van der Waals surface area contributed by atoms with Crippen LogP contribution in [-0.4, -0.2) is 29.2 Å². The van der Waals surface area contributed by atoms with Crippen molar-refractivity contribution < 1.29 is 15.0 Å². The van der Waals surface area contributed by atoms with Crippen LogP contribution in [0.25, 0.3) is 0 Å². The van der Waals surface area contributed by atoms with Crippen LogP contribution in [-0.2, 0) is 11.3 Å². The molecule has 0 aliphatic heterocycles. The van der Waals surface area contributed by atoms with Crippen LogP contribution in [0.4, 0.5) is 0 Å². The first-order valence-corrected chi connectivity index (χ1v) is 5.61. The van der Waals surface area contributed by atoms with Gasteiger partial charge in [-0.05, 0) is 24.6 Å². The van der Waals surface area contributed by atoms with E-state index in [4.69, 9.17) is 5.11 Å². The molecule has 5 heteroatoms. The number of rotatable bonds is 6. The molecule has 17 heavy (non-hydrogen) atoms. The van der Waals surface area contributed by atoms with Gasteiger partial charge in [-0.15, -0.1) is 0 Å². The first-order chi connectivity index (χ1) is 8.13. The zero-order valence-electron chi connectivity index (χ0n) is 9.86. The highest BCUT2D eigenvalue weighted by Crippen LogP contribution is 2.24. The Morgan fingerprint density at radius 3 is 2.71 bits per heavy atom. The van der Waals surface area contributed by atoms with E-state index < -0.39 is 0 Å². The minimum absolute atomic E-state index is 0.0218. The zero-order chi connectivity index (χ0) is 12.7. The molecule has 5 nitrogen and oxygen atoms in total. The summed E-state index contributed by atoms with van der Waals surface area (Å²) in [5.41, 5.74) is 0.858. The van der Waals surface area contributed by atoms with Crippen molar-refractivity contribution in [3.05, 3.63) is 23.8 Å². The van der Waals surface area contributed by atoms with Crippen molar-refractivity contribution in [2.24, 2.45) is 0 Å². The number of nitrogens with one attached hydrogen (secondary N) is 2. The number of amides is 1. The predicted molar refractivity (Wildman–Crippen MR) is 64.8 cm³/mol. The number of phenols is 2. The van der Waals surface area contributed by atoms with Crippen LogP contribution in [0.15, 0.2) is 18.2 Å². The lowest BCUT2D eigenvalue weighted by Gasteiger charge is -2.06. The smallest absolute Gasteiger partial charge is 0.221 e. The summed E-state index contributed by atoms with van der Waals surface area (Å²) in [5, 5.41) is 24.2. The molecular weight excluding hydrogens is 220 g/mol. The van der Waals surface area contributed by atoms with E-state index in [2.05, 4.69) is 10.6 Å². The van der Waals surface area contributed by atoms with Gasteiger partial charge in [0, 0.05) is 26.1 Å². The third-order valence-electron chi connectivity index (χ3n) is 2.27. The second-order valence-electron chi connectivity index (χ2n) is 3.70. The molecule has 0 bridgehead atoms. The Bertz CT molecular complexity index is 380. The van der Waals surface area contributed by atoms with E-state index >= 15 is 0 Å². The van der Waals surface area contributed by atoms with E-state index in [1.165, 1.54) is 12.1 Å². The van der Waals surface area contributed by atoms with Gasteiger partial charge in [-0.1, -0.05) is 6.07 Å². The average molecular weight is 238 g/mol. The SMILES string of the molecule is CCNC(=O)CCNCc1ccc(O)c(O)c1. The van der Waals surface area contributed by atoms with Gasteiger partial charge in [0.15, 0.2) is 11.5 Å². The number of aromatic hydroxyl groups is 2. The second kappa shape index (κ2) is 6.75. The largest absolute Gasteiger partial charge is 0.504 e. The quantitative estimate of drug-likeness (QED) is 0.434. The highest BCUT2D eigenvalue weighted by molar-refractivity contribution is 5.75. The minimum atomic E-state index is -0.131. The van der Waals surface area contributed by atoms with E-state index in [-0.39, 0.29) is 17.4 Å². The topological polar surface area (TPSA) is 81.6 Å². The molecule has 0 unspecified atom stereocenters. The normalized spacial score (nSPS) is 10.2. The number of benzene rings is 1. The van der Waals surface area contributed by atoms with Gasteiger partial charge in [0.05, 0.1) is 0 Å². The molecule has 0 heterocycles. The molecule has 1 aromatic carbocycles. The van der Waals surface area contributed by atoms with Gasteiger partial charge in [0.2, 0.25) is 5.91 Å². The first kappa shape index (κ1) is 13.3. The third kappa shape index (κ3) is 4.74. The molecule has 1 aromatic rings. The lowest BCUT2D eigenvalue weighted by atomic mass is 10.2.